The van der Waals surface area contributed by atoms with E-state index in [9.17, 15) is 9.90 Å². The molecule has 19 heavy (non-hydrogen) atoms. The van der Waals surface area contributed by atoms with Crippen molar-refractivity contribution in [2.45, 2.75) is 19.8 Å². The molecule has 2 rings (SSSR count). The first-order valence-corrected chi connectivity index (χ1v) is 6.35. The minimum absolute atomic E-state index is 0.217. The number of benzene rings is 1. The average molecular weight is 262 g/mol. The first-order chi connectivity index (χ1) is 9.20. The van der Waals surface area contributed by atoms with Gasteiger partial charge >= 0.3 is 5.56 Å². The third-order valence-corrected chi connectivity index (χ3v) is 3.01. The molecule has 0 aliphatic rings. The van der Waals surface area contributed by atoms with Crippen LogP contribution in [0, 0.1) is 0 Å². The molecular weight excluding hydrogens is 244 g/mol. The normalized spacial score (nSPS) is 10.6. The van der Waals surface area contributed by atoms with Gasteiger partial charge in [-0.2, -0.15) is 0 Å². The molecule has 0 spiro atoms. The highest BCUT2D eigenvalue weighted by molar-refractivity contribution is 5.87. The number of para-hydroxylation sites is 1. The van der Waals surface area contributed by atoms with Gasteiger partial charge in [0, 0.05) is 11.9 Å². The Morgan fingerprint density at radius 1 is 1.37 bits per heavy atom. The Kier molecular flexibility index (Phi) is 3.94. The molecule has 0 fully saturated rings. The maximum absolute atomic E-state index is 12.1. The van der Waals surface area contributed by atoms with Gasteiger partial charge in [-0.05, 0) is 18.6 Å². The predicted molar refractivity (Wildman–Crippen MR) is 75.6 cm³/mol. The topological polar surface area (TPSA) is 63.5 Å². The fourth-order valence-electron chi connectivity index (χ4n) is 2.03. The Morgan fingerprint density at radius 3 is 2.79 bits per heavy atom. The van der Waals surface area contributed by atoms with Crippen molar-refractivity contribution in [3.05, 3.63) is 34.6 Å². The number of methoxy groups -OCH3 is 1. The Bertz CT molecular complexity index is 634. The Morgan fingerprint density at radius 2 is 2.11 bits per heavy atom. The van der Waals surface area contributed by atoms with Crippen molar-refractivity contribution >= 4 is 10.9 Å². The SMILES string of the molecule is CCCCNn1c(=O)c(O)c(OC)c2ccccc21. The number of hydrogen-bond donors (Lipinski definition) is 2. The fraction of sp³-hybridized carbons (Fsp3) is 0.357. The highest BCUT2D eigenvalue weighted by Crippen LogP contribution is 2.30. The summed E-state index contributed by atoms with van der Waals surface area (Å²) in [7, 11) is 1.44. The predicted octanol–water partition coefficient (Wildman–Crippen LogP) is 2.06. The van der Waals surface area contributed by atoms with Crippen LogP contribution in [-0.4, -0.2) is 23.4 Å². The minimum Gasteiger partial charge on any atom is -0.500 e. The van der Waals surface area contributed by atoms with E-state index in [0.29, 0.717) is 17.4 Å². The second-order valence-corrected chi connectivity index (χ2v) is 4.30. The number of rotatable bonds is 5. The molecule has 1 heterocycles. The van der Waals surface area contributed by atoms with E-state index in [2.05, 4.69) is 12.3 Å². The lowest BCUT2D eigenvalue weighted by molar-refractivity contribution is 0.372. The molecule has 0 amide bonds. The second-order valence-electron chi connectivity index (χ2n) is 4.30. The van der Waals surface area contributed by atoms with Crippen LogP contribution in [0.1, 0.15) is 19.8 Å². The highest BCUT2D eigenvalue weighted by atomic mass is 16.5. The molecule has 1 aromatic carbocycles. The van der Waals surface area contributed by atoms with Crippen LogP contribution < -0.4 is 15.7 Å². The summed E-state index contributed by atoms with van der Waals surface area (Å²) in [6, 6.07) is 7.31. The first kappa shape index (κ1) is 13.3. The summed E-state index contributed by atoms with van der Waals surface area (Å²) in [5, 5.41) is 10.6. The number of aromatic hydroxyl groups is 1. The molecule has 0 radical (unpaired) electrons. The van der Waals surface area contributed by atoms with Gasteiger partial charge < -0.3 is 15.3 Å². The quantitative estimate of drug-likeness (QED) is 0.810. The van der Waals surface area contributed by atoms with E-state index >= 15 is 0 Å². The van der Waals surface area contributed by atoms with Crippen molar-refractivity contribution in [1.29, 1.82) is 0 Å². The van der Waals surface area contributed by atoms with Gasteiger partial charge in [0.05, 0.1) is 12.6 Å². The van der Waals surface area contributed by atoms with Crippen LogP contribution in [0.5, 0.6) is 11.5 Å². The molecule has 0 aliphatic heterocycles. The molecule has 102 valence electrons. The van der Waals surface area contributed by atoms with Crippen molar-refractivity contribution < 1.29 is 9.84 Å². The van der Waals surface area contributed by atoms with E-state index in [0.717, 1.165) is 12.8 Å². The number of nitrogens with zero attached hydrogens (tertiary/aromatic N) is 1. The van der Waals surface area contributed by atoms with Crippen molar-refractivity contribution in [2.75, 3.05) is 19.1 Å². The lowest BCUT2D eigenvalue weighted by Crippen LogP contribution is -2.30. The summed E-state index contributed by atoms with van der Waals surface area (Å²) in [5.41, 5.74) is 3.24. The molecule has 0 bridgehead atoms. The van der Waals surface area contributed by atoms with Gasteiger partial charge in [0.15, 0.2) is 5.75 Å². The summed E-state index contributed by atoms with van der Waals surface area (Å²) in [6.45, 7) is 2.75. The summed E-state index contributed by atoms with van der Waals surface area (Å²) in [5.74, 6) is -0.153. The van der Waals surface area contributed by atoms with E-state index in [1.54, 1.807) is 0 Å². The molecule has 0 saturated carbocycles. The standard InChI is InChI=1S/C14H18N2O3/c1-3-4-9-15-16-11-8-6-5-7-10(11)13(19-2)12(17)14(16)18/h5-8,15,17H,3-4,9H2,1-2H3. The van der Waals surface area contributed by atoms with Gasteiger partial charge in [0.1, 0.15) is 0 Å². The third kappa shape index (κ3) is 2.36. The molecule has 2 aromatic rings. The molecule has 0 saturated heterocycles. The fourth-order valence-corrected chi connectivity index (χ4v) is 2.03. The average Bonchev–Trinajstić information content (AvgIpc) is 2.44. The van der Waals surface area contributed by atoms with Gasteiger partial charge in [-0.25, -0.2) is 4.68 Å². The van der Waals surface area contributed by atoms with Crippen LogP contribution in [0.3, 0.4) is 0 Å². The van der Waals surface area contributed by atoms with Gasteiger partial charge in [-0.1, -0.05) is 25.5 Å². The molecule has 5 nitrogen and oxygen atoms in total. The Hall–Kier alpha value is -2.17. The smallest absolute Gasteiger partial charge is 0.315 e. The number of nitrogens with one attached hydrogen (secondary N) is 1. The van der Waals surface area contributed by atoms with Gasteiger partial charge in [-0.3, -0.25) is 4.79 Å². The maximum atomic E-state index is 12.1. The van der Waals surface area contributed by atoms with Gasteiger partial charge in [0.25, 0.3) is 0 Å². The zero-order valence-electron chi connectivity index (χ0n) is 11.1. The minimum atomic E-state index is -0.494. The largest absolute Gasteiger partial charge is 0.500 e. The summed E-state index contributed by atoms with van der Waals surface area (Å²) in [6.07, 6.45) is 1.98. The van der Waals surface area contributed by atoms with Crippen LogP contribution >= 0.6 is 0 Å². The Balaban J connectivity index is 2.62. The van der Waals surface area contributed by atoms with E-state index in [4.69, 9.17) is 4.74 Å². The molecule has 1 aromatic heterocycles. The van der Waals surface area contributed by atoms with Crippen LogP contribution in [0.15, 0.2) is 29.1 Å². The maximum Gasteiger partial charge on any atom is 0.315 e. The molecule has 2 N–H and O–H groups in total. The molecule has 0 unspecified atom stereocenters. The van der Waals surface area contributed by atoms with Crippen molar-refractivity contribution in [3.63, 3.8) is 0 Å². The second kappa shape index (κ2) is 5.65. The lowest BCUT2D eigenvalue weighted by Gasteiger charge is -2.15. The van der Waals surface area contributed by atoms with E-state index in [1.165, 1.54) is 11.8 Å². The molecular formula is C14H18N2O3. The molecule has 0 atom stereocenters. The summed E-state index contributed by atoms with van der Waals surface area (Å²) < 4.78 is 6.51. The zero-order chi connectivity index (χ0) is 13.8. The first-order valence-electron chi connectivity index (χ1n) is 6.35. The van der Waals surface area contributed by atoms with E-state index < -0.39 is 5.56 Å². The van der Waals surface area contributed by atoms with Crippen LogP contribution in [0.2, 0.25) is 0 Å². The number of ether oxygens (including phenoxy) is 1. The monoisotopic (exact) mass is 262 g/mol. The number of fused-ring (bicyclic) bond motifs is 1. The van der Waals surface area contributed by atoms with Gasteiger partial charge in [0.2, 0.25) is 5.75 Å². The van der Waals surface area contributed by atoms with Crippen LogP contribution in [-0.2, 0) is 0 Å². The van der Waals surface area contributed by atoms with Crippen LogP contribution in [0.25, 0.3) is 10.9 Å². The van der Waals surface area contributed by atoms with E-state index in [1.807, 2.05) is 24.3 Å². The zero-order valence-corrected chi connectivity index (χ0v) is 11.1. The number of hydrogen-bond acceptors (Lipinski definition) is 4. The van der Waals surface area contributed by atoms with Crippen LogP contribution in [0.4, 0.5) is 0 Å². The Labute approximate surface area is 111 Å². The van der Waals surface area contributed by atoms with E-state index in [-0.39, 0.29) is 11.5 Å². The van der Waals surface area contributed by atoms with Crippen molar-refractivity contribution in [2.24, 2.45) is 0 Å². The summed E-state index contributed by atoms with van der Waals surface area (Å²) in [4.78, 5) is 12.1. The molecule has 5 heteroatoms. The molecule has 0 aliphatic carbocycles. The van der Waals surface area contributed by atoms with Crippen molar-refractivity contribution in [3.8, 4) is 11.5 Å². The summed E-state index contributed by atoms with van der Waals surface area (Å²) >= 11 is 0. The number of aromatic nitrogens is 1. The van der Waals surface area contributed by atoms with Crippen molar-refractivity contribution in [1.82, 2.24) is 4.68 Å². The third-order valence-electron chi connectivity index (χ3n) is 3.01. The van der Waals surface area contributed by atoms with Gasteiger partial charge in [-0.15, -0.1) is 0 Å². The highest BCUT2D eigenvalue weighted by Gasteiger charge is 2.15. The lowest BCUT2D eigenvalue weighted by atomic mass is 10.2. The number of pyridine rings is 1. The number of unbranched alkanes of at least 4 members (excludes halogenated alkanes) is 1.